The summed E-state index contributed by atoms with van der Waals surface area (Å²) in [5, 5.41) is 3.63. The number of anilines is 1. The zero-order valence-corrected chi connectivity index (χ0v) is 22.7. The number of nitrogens with zero attached hydrogens (tertiary/aromatic N) is 2. The van der Waals surface area contributed by atoms with Crippen LogP contribution in [0.5, 0.6) is 0 Å². The van der Waals surface area contributed by atoms with E-state index in [0.717, 1.165) is 10.6 Å². The van der Waals surface area contributed by atoms with Crippen molar-refractivity contribution < 1.29 is 18.0 Å². The fraction of sp³-hybridized carbons (Fsp3) is 0.391. The summed E-state index contributed by atoms with van der Waals surface area (Å²) < 4.78 is 26.1. The van der Waals surface area contributed by atoms with Crippen LogP contribution in [-0.2, 0) is 26.2 Å². The smallest absolute Gasteiger partial charge is 0.244 e. The Morgan fingerprint density at radius 1 is 1.03 bits per heavy atom. The first-order valence-corrected chi connectivity index (χ1v) is 13.4. The second kappa shape index (κ2) is 11.2. The second-order valence-corrected chi connectivity index (χ2v) is 12.1. The second-order valence-electron chi connectivity index (χ2n) is 8.89. The van der Waals surface area contributed by atoms with Crippen LogP contribution in [0.3, 0.4) is 0 Å². The molecule has 1 N–H and O–H groups in total. The first-order valence-electron chi connectivity index (χ1n) is 10.4. The summed E-state index contributed by atoms with van der Waals surface area (Å²) in [6.45, 7) is 6.46. The Kier molecular flexibility index (Phi) is 9.27. The Bertz CT molecular complexity index is 1170. The van der Waals surface area contributed by atoms with Gasteiger partial charge in [-0.25, -0.2) is 8.42 Å². The van der Waals surface area contributed by atoms with Crippen molar-refractivity contribution in [2.24, 2.45) is 0 Å². The Balaban J connectivity index is 2.47. The fourth-order valence-electron chi connectivity index (χ4n) is 3.14. The maximum Gasteiger partial charge on any atom is 0.244 e. The van der Waals surface area contributed by atoms with E-state index in [2.05, 4.69) is 5.32 Å². The minimum Gasteiger partial charge on any atom is -0.350 e. The lowest BCUT2D eigenvalue weighted by Crippen LogP contribution is -2.54. The molecule has 2 amide bonds. The molecule has 34 heavy (non-hydrogen) atoms. The molecule has 2 rings (SSSR count). The number of nitrogens with one attached hydrogen (secondary N) is 1. The van der Waals surface area contributed by atoms with Gasteiger partial charge in [-0.05, 0) is 57.5 Å². The molecule has 0 saturated heterocycles. The number of benzene rings is 2. The molecule has 0 aliphatic rings. The lowest BCUT2D eigenvalue weighted by molar-refractivity contribution is -0.140. The maximum absolute atomic E-state index is 13.5. The molecule has 1 unspecified atom stereocenters. The van der Waals surface area contributed by atoms with Crippen LogP contribution in [-0.4, -0.2) is 49.5 Å². The molecule has 0 aliphatic carbocycles. The number of carbonyl (C=O) groups is 2. The van der Waals surface area contributed by atoms with Crippen LogP contribution >= 0.6 is 34.8 Å². The molecule has 0 bridgehead atoms. The largest absolute Gasteiger partial charge is 0.350 e. The van der Waals surface area contributed by atoms with Gasteiger partial charge in [-0.15, -0.1) is 0 Å². The monoisotopic (exact) mass is 547 g/mol. The minimum absolute atomic E-state index is 0.00187. The summed E-state index contributed by atoms with van der Waals surface area (Å²) in [5.41, 5.74) is 0.145. The van der Waals surface area contributed by atoms with E-state index in [1.165, 1.54) is 23.1 Å². The number of carbonyl (C=O) groups excluding carboxylic acids is 2. The molecule has 1 atom stereocenters. The van der Waals surface area contributed by atoms with Crippen LogP contribution in [0.4, 0.5) is 5.69 Å². The standard InChI is InChI=1S/C23H28Cl3N3O4S/c1-15(22(31)27-23(2,3)4)28(13-16-8-6-7-9-18(16)25)21(30)14-29(34(5,32)33)20-12-17(24)10-11-19(20)26/h6-12,15H,13-14H2,1-5H3,(H,27,31). The van der Waals surface area contributed by atoms with Gasteiger partial charge in [0.15, 0.2) is 0 Å². The van der Waals surface area contributed by atoms with Gasteiger partial charge in [-0.3, -0.25) is 13.9 Å². The lowest BCUT2D eigenvalue weighted by Gasteiger charge is -2.33. The molecule has 186 valence electrons. The molecular formula is C23H28Cl3N3O4S. The highest BCUT2D eigenvalue weighted by Crippen LogP contribution is 2.31. The van der Waals surface area contributed by atoms with E-state index < -0.39 is 34.1 Å². The zero-order chi connectivity index (χ0) is 25.8. The molecule has 0 spiro atoms. The fourth-order valence-corrected chi connectivity index (χ4v) is 4.62. The van der Waals surface area contributed by atoms with Crippen molar-refractivity contribution in [3.05, 3.63) is 63.1 Å². The van der Waals surface area contributed by atoms with Crippen molar-refractivity contribution in [2.75, 3.05) is 17.1 Å². The zero-order valence-electron chi connectivity index (χ0n) is 19.6. The lowest BCUT2D eigenvalue weighted by atomic mass is 10.1. The third-order valence-corrected chi connectivity index (χ3v) is 6.87. The number of halogens is 3. The summed E-state index contributed by atoms with van der Waals surface area (Å²) in [5.74, 6) is -1.00. The van der Waals surface area contributed by atoms with Crippen LogP contribution in [0.15, 0.2) is 42.5 Å². The molecule has 0 fully saturated rings. The third kappa shape index (κ3) is 7.77. The van der Waals surface area contributed by atoms with Gasteiger partial charge in [-0.1, -0.05) is 53.0 Å². The molecule has 7 nitrogen and oxygen atoms in total. The topological polar surface area (TPSA) is 86.8 Å². The van der Waals surface area contributed by atoms with E-state index in [1.807, 2.05) is 20.8 Å². The van der Waals surface area contributed by atoms with E-state index in [0.29, 0.717) is 10.6 Å². The number of sulfonamides is 1. The van der Waals surface area contributed by atoms with Gasteiger partial charge in [0.25, 0.3) is 0 Å². The van der Waals surface area contributed by atoms with E-state index >= 15 is 0 Å². The van der Waals surface area contributed by atoms with Crippen LogP contribution in [0, 0.1) is 0 Å². The minimum atomic E-state index is -3.93. The average molecular weight is 549 g/mol. The molecule has 2 aromatic rings. The van der Waals surface area contributed by atoms with E-state index in [4.69, 9.17) is 34.8 Å². The van der Waals surface area contributed by atoms with E-state index in [1.54, 1.807) is 31.2 Å². The predicted octanol–water partition coefficient (Wildman–Crippen LogP) is 4.74. The van der Waals surface area contributed by atoms with Crippen molar-refractivity contribution in [3.63, 3.8) is 0 Å². The quantitative estimate of drug-likeness (QED) is 0.516. The summed E-state index contributed by atoms with van der Waals surface area (Å²) in [6, 6.07) is 10.3. The molecule has 11 heteroatoms. The van der Waals surface area contributed by atoms with Gasteiger partial charge in [0.2, 0.25) is 21.8 Å². The summed E-state index contributed by atoms with van der Waals surface area (Å²) in [4.78, 5) is 27.7. The highest BCUT2D eigenvalue weighted by atomic mass is 35.5. The predicted molar refractivity (Wildman–Crippen MR) is 138 cm³/mol. The Morgan fingerprint density at radius 3 is 2.21 bits per heavy atom. The van der Waals surface area contributed by atoms with Crippen molar-refractivity contribution in [1.82, 2.24) is 10.2 Å². The highest BCUT2D eigenvalue weighted by molar-refractivity contribution is 7.92. The Morgan fingerprint density at radius 2 is 1.65 bits per heavy atom. The number of hydrogen-bond acceptors (Lipinski definition) is 4. The number of amides is 2. The molecule has 0 aliphatic heterocycles. The van der Waals surface area contributed by atoms with Gasteiger partial charge in [0.05, 0.1) is 17.0 Å². The van der Waals surface area contributed by atoms with Gasteiger partial charge in [0.1, 0.15) is 12.6 Å². The maximum atomic E-state index is 13.5. The molecule has 0 saturated carbocycles. The van der Waals surface area contributed by atoms with Gasteiger partial charge >= 0.3 is 0 Å². The third-order valence-electron chi connectivity index (χ3n) is 4.82. The summed E-state index contributed by atoms with van der Waals surface area (Å²) in [6.07, 6.45) is 0.964. The van der Waals surface area contributed by atoms with Crippen molar-refractivity contribution in [3.8, 4) is 0 Å². The molecule has 0 radical (unpaired) electrons. The van der Waals surface area contributed by atoms with Crippen LogP contribution in [0.2, 0.25) is 15.1 Å². The van der Waals surface area contributed by atoms with E-state index in [9.17, 15) is 18.0 Å². The normalized spacial score (nSPS) is 12.7. The molecular weight excluding hydrogens is 521 g/mol. The molecule has 0 aromatic heterocycles. The van der Waals surface area contributed by atoms with Crippen LogP contribution in [0.25, 0.3) is 0 Å². The number of hydrogen-bond donors (Lipinski definition) is 1. The van der Waals surface area contributed by atoms with Gasteiger partial charge < -0.3 is 10.2 Å². The van der Waals surface area contributed by atoms with Crippen molar-refractivity contribution in [2.45, 2.75) is 45.8 Å². The van der Waals surface area contributed by atoms with Crippen LogP contribution < -0.4 is 9.62 Å². The Hall–Kier alpha value is -2.00. The molecule has 0 heterocycles. The van der Waals surface area contributed by atoms with Gasteiger partial charge in [-0.2, -0.15) is 0 Å². The molecule has 2 aromatic carbocycles. The first kappa shape index (κ1) is 28.2. The van der Waals surface area contributed by atoms with Crippen molar-refractivity contribution >= 4 is 62.3 Å². The van der Waals surface area contributed by atoms with Crippen molar-refractivity contribution in [1.29, 1.82) is 0 Å². The van der Waals surface area contributed by atoms with E-state index in [-0.39, 0.29) is 28.2 Å². The highest BCUT2D eigenvalue weighted by Gasteiger charge is 2.32. The summed E-state index contributed by atoms with van der Waals surface area (Å²) >= 11 is 18.6. The van der Waals surface area contributed by atoms with Gasteiger partial charge in [0, 0.05) is 22.1 Å². The van der Waals surface area contributed by atoms with Crippen LogP contribution in [0.1, 0.15) is 33.3 Å². The SMILES string of the molecule is CC(C(=O)NC(C)(C)C)N(Cc1ccccc1Cl)C(=O)CN(c1cc(Cl)ccc1Cl)S(C)(=O)=O. The average Bonchev–Trinajstić information content (AvgIpc) is 2.70. The first-order chi connectivity index (χ1) is 15.6. The Labute approximate surface area is 216 Å². The summed E-state index contributed by atoms with van der Waals surface area (Å²) in [7, 11) is -3.93. The number of rotatable bonds is 8.